The van der Waals surface area contributed by atoms with Crippen molar-refractivity contribution < 1.29 is 0 Å². The van der Waals surface area contributed by atoms with Crippen LogP contribution in [0.25, 0.3) is 93.8 Å². The summed E-state index contributed by atoms with van der Waals surface area (Å²) in [6.07, 6.45) is 2.20. The molecule has 0 aliphatic heterocycles. The predicted molar refractivity (Wildman–Crippen MR) is 290 cm³/mol. The molecule has 1 aliphatic rings. The van der Waals surface area contributed by atoms with Gasteiger partial charge in [0.1, 0.15) is 0 Å². The highest BCUT2D eigenvalue weighted by atomic mass is 15.1. The van der Waals surface area contributed by atoms with Gasteiger partial charge in [-0.25, -0.2) is 0 Å². The molecular formula is C65H46N4. The number of hydrogen-bond donors (Lipinski definition) is 0. The van der Waals surface area contributed by atoms with Crippen LogP contribution in [0.3, 0.4) is 0 Å². The summed E-state index contributed by atoms with van der Waals surface area (Å²) < 4.78 is 7.26. The van der Waals surface area contributed by atoms with Crippen LogP contribution in [0.2, 0.25) is 0 Å². The minimum atomic E-state index is -0.133. The molecule has 0 N–H and O–H groups in total. The zero-order chi connectivity index (χ0) is 45.8. The zero-order valence-corrected chi connectivity index (χ0v) is 38.4. The highest BCUT2D eigenvalue weighted by molar-refractivity contribution is 6.27. The van der Waals surface area contributed by atoms with E-state index < -0.39 is 0 Å². The van der Waals surface area contributed by atoms with Crippen molar-refractivity contribution in [2.24, 2.45) is 0 Å². The maximum atomic E-state index is 2.52. The molecule has 3 aromatic heterocycles. The number of fused-ring (bicyclic) bond motifs is 11. The van der Waals surface area contributed by atoms with Gasteiger partial charge < -0.3 is 18.6 Å². The number of aromatic nitrogens is 3. The number of anilines is 3. The SMILES string of the molecule is CC1(C)c2ccccc2-c2ccc(N(c3ccc(-c4ccccc4)cc3)c3ccc(-n4c5cc6c(ccn6-c6ccccc6)cc5c5ccc6c(c7ccccc7n6-c6ccccc6)c54)cc3)cc21. The summed E-state index contributed by atoms with van der Waals surface area (Å²) in [5, 5.41) is 6.14. The highest BCUT2D eigenvalue weighted by Gasteiger charge is 2.36. The Bertz CT molecular complexity index is 4120. The molecule has 326 valence electrons. The maximum absolute atomic E-state index is 2.52. The average molecular weight is 883 g/mol. The second-order valence-electron chi connectivity index (χ2n) is 19.0. The van der Waals surface area contributed by atoms with E-state index in [9.17, 15) is 0 Å². The largest absolute Gasteiger partial charge is 0.316 e. The van der Waals surface area contributed by atoms with Crippen molar-refractivity contribution >= 4 is 71.6 Å². The highest BCUT2D eigenvalue weighted by Crippen LogP contribution is 2.51. The molecule has 10 aromatic carbocycles. The first-order valence-corrected chi connectivity index (χ1v) is 23.9. The number of hydrogen-bond acceptors (Lipinski definition) is 1. The molecule has 0 fully saturated rings. The first-order valence-electron chi connectivity index (χ1n) is 23.9. The number of nitrogens with zero attached hydrogens (tertiary/aromatic N) is 4. The van der Waals surface area contributed by atoms with Crippen LogP contribution in [0.5, 0.6) is 0 Å². The van der Waals surface area contributed by atoms with E-state index in [1.54, 1.807) is 0 Å². The summed E-state index contributed by atoms with van der Waals surface area (Å²) >= 11 is 0. The third-order valence-electron chi connectivity index (χ3n) is 14.8. The first-order chi connectivity index (χ1) is 34.0. The van der Waals surface area contributed by atoms with E-state index in [1.807, 2.05) is 0 Å². The Morgan fingerprint density at radius 2 is 0.971 bits per heavy atom. The molecule has 0 atom stereocenters. The first kappa shape index (κ1) is 39.3. The molecule has 0 spiro atoms. The standard InChI is InChI=1S/C65H46N4/c1-65(2)57-24-14-12-22-52(57)53-35-34-51(41-58(53)65)67(48-28-26-44(27-29-48)43-16-6-3-7-17-43)49-30-32-50(33-31-49)69-62-42-61-45(38-39-66(61)46-18-8-4-9-19-46)40-56(62)54-36-37-60-63(64(54)69)55-23-13-15-25-59(55)68(60)47-20-10-5-11-21-47/h3-42H,1-2H3. The lowest BCUT2D eigenvalue weighted by atomic mass is 9.82. The van der Waals surface area contributed by atoms with Crippen molar-refractivity contribution in [1.29, 1.82) is 0 Å². The van der Waals surface area contributed by atoms with Crippen molar-refractivity contribution in [3.05, 3.63) is 254 Å². The Kier molecular flexibility index (Phi) is 8.59. The van der Waals surface area contributed by atoms with E-state index in [1.165, 1.54) is 87.9 Å². The van der Waals surface area contributed by atoms with Crippen LogP contribution in [0.4, 0.5) is 17.1 Å². The van der Waals surface area contributed by atoms with Gasteiger partial charge in [-0.1, -0.05) is 147 Å². The fourth-order valence-corrected chi connectivity index (χ4v) is 11.6. The van der Waals surface area contributed by atoms with Crippen LogP contribution in [0.15, 0.2) is 243 Å². The fraction of sp³-hybridized carbons (Fsp3) is 0.0462. The molecule has 0 saturated carbocycles. The van der Waals surface area contributed by atoms with Gasteiger partial charge in [-0.3, -0.25) is 0 Å². The molecule has 4 heteroatoms. The topological polar surface area (TPSA) is 18.0 Å². The zero-order valence-electron chi connectivity index (χ0n) is 38.4. The Morgan fingerprint density at radius 1 is 0.362 bits per heavy atom. The third-order valence-corrected chi connectivity index (χ3v) is 14.8. The molecule has 3 heterocycles. The lowest BCUT2D eigenvalue weighted by Gasteiger charge is -2.28. The molecule has 13 aromatic rings. The summed E-state index contributed by atoms with van der Waals surface area (Å²) in [5.41, 5.74) is 20.3. The number of rotatable bonds is 7. The smallest absolute Gasteiger partial charge is 0.0641 e. The molecule has 0 radical (unpaired) electrons. The maximum Gasteiger partial charge on any atom is 0.0641 e. The Hall–Kier alpha value is -8.86. The Labute approximate surface area is 400 Å². The Balaban J connectivity index is 1.000. The summed E-state index contributed by atoms with van der Waals surface area (Å²) in [5.74, 6) is 0. The average Bonchev–Trinajstić information content (AvgIpc) is 4.14. The minimum Gasteiger partial charge on any atom is -0.316 e. The molecule has 1 aliphatic carbocycles. The van der Waals surface area contributed by atoms with E-state index in [4.69, 9.17) is 0 Å². The van der Waals surface area contributed by atoms with E-state index in [-0.39, 0.29) is 5.41 Å². The summed E-state index contributed by atoms with van der Waals surface area (Å²) in [6.45, 7) is 4.72. The second kappa shape index (κ2) is 15.1. The van der Waals surface area contributed by atoms with Crippen LogP contribution in [-0.2, 0) is 5.41 Å². The number of benzene rings is 10. The van der Waals surface area contributed by atoms with Gasteiger partial charge in [0, 0.05) is 72.7 Å². The molecule has 0 saturated heterocycles. The van der Waals surface area contributed by atoms with Crippen molar-refractivity contribution in [3.8, 4) is 39.3 Å². The van der Waals surface area contributed by atoms with E-state index >= 15 is 0 Å². The van der Waals surface area contributed by atoms with Gasteiger partial charge in [0.05, 0.1) is 27.6 Å². The van der Waals surface area contributed by atoms with Crippen LogP contribution < -0.4 is 4.90 Å². The lowest BCUT2D eigenvalue weighted by Crippen LogP contribution is -2.16. The number of para-hydroxylation sites is 3. The van der Waals surface area contributed by atoms with Gasteiger partial charge >= 0.3 is 0 Å². The van der Waals surface area contributed by atoms with Gasteiger partial charge in [0.2, 0.25) is 0 Å². The Morgan fingerprint density at radius 3 is 1.74 bits per heavy atom. The van der Waals surface area contributed by atoms with Crippen molar-refractivity contribution in [1.82, 2.24) is 13.7 Å². The molecule has 0 unspecified atom stereocenters. The van der Waals surface area contributed by atoms with E-state index in [0.29, 0.717) is 0 Å². The van der Waals surface area contributed by atoms with Crippen LogP contribution in [0.1, 0.15) is 25.0 Å². The minimum absolute atomic E-state index is 0.133. The van der Waals surface area contributed by atoms with Crippen LogP contribution in [-0.4, -0.2) is 13.7 Å². The quantitative estimate of drug-likeness (QED) is 0.156. The lowest BCUT2D eigenvalue weighted by molar-refractivity contribution is 0.660. The van der Waals surface area contributed by atoms with Crippen molar-refractivity contribution in [2.75, 3.05) is 4.90 Å². The van der Waals surface area contributed by atoms with Gasteiger partial charge in [-0.05, 0) is 137 Å². The summed E-state index contributed by atoms with van der Waals surface area (Å²) in [4.78, 5) is 2.42. The van der Waals surface area contributed by atoms with Gasteiger partial charge in [-0.15, -0.1) is 0 Å². The van der Waals surface area contributed by atoms with Gasteiger partial charge in [0.25, 0.3) is 0 Å². The van der Waals surface area contributed by atoms with Crippen LogP contribution >= 0.6 is 0 Å². The summed E-state index contributed by atoms with van der Waals surface area (Å²) in [7, 11) is 0. The fourth-order valence-electron chi connectivity index (χ4n) is 11.6. The van der Waals surface area contributed by atoms with Gasteiger partial charge in [-0.2, -0.15) is 0 Å². The monoisotopic (exact) mass is 882 g/mol. The normalized spacial score (nSPS) is 12.9. The van der Waals surface area contributed by atoms with E-state index in [0.717, 1.165) is 34.1 Å². The van der Waals surface area contributed by atoms with Crippen LogP contribution in [0, 0.1) is 0 Å². The van der Waals surface area contributed by atoms with E-state index in [2.05, 4.69) is 275 Å². The summed E-state index contributed by atoms with van der Waals surface area (Å²) in [6, 6.07) is 86.9. The molecule has 0 bridgehead atoms. The molecule has 4 nitrogen and oxygen atoms in total. The molecule has 14 rings (SSSR count). The third kappa shape index (κ3) is 5.95. The second-order valence-corrected chi connectivity index (χ2v) is 19.0. The van der Waals surface area contributed by atoms with Crippen molar-refractivity contribution in [2.45, 2.75) is 19.3 Å². The van der Waals surface area contributed by atoms with Gasteiger partial charge in [0.15, 0.2) is 0 Å². The molecule has 0 amide bonds. The molecule has 69 heavy (non-hydrogen) atoms. The molecular weight excluding hydrogens is 837 g/mol. The predicted octanol–water partition coefficient (Wildman–Crippen LogP) is 17.3. The van der Waals surface area contributed by atoms with Crippen molar-refractivity contribution in [3.63, 3.8) is 0 Å².